The van der Waals surface area contributed by atoms with Crippen molar-refractivity contribution < 1.29 is 4.79 Å². The Morgan fingerprint density at radius 1 is 1.30 bits per heavy atom. The first-order chi connectivity index (χ1) is 11.2. The van der Waals surface area contributed by atoms with Crippen molar-refractivity contribution in [2.75, 3.05) is 18.4 Å². The summed E-state index contributed by atoms with van der Waals surface area (Å²) in [6, 6.07) is 7.93. The molecule has 6 nitrogen and oxygen atoms in total. The van der Waals surface area contributed by atoms with Crippen LogP contribution in [0.25, 0.3) is 0 Å². The normalized spacial score (nSPS) is 19.0. The summed E-state index contributed by atoms with van der Waals surface area (Å²) in [7, 11) is 0. The topological polar surface area (TPSA) is 83.6 Å². The van der Waals surface area contributed by atoms with Crippen molar-refractivity contribution in [3.63, 3.8) is 0 Å². The first kappa shape index (κ1) is 14.2. The lowest BCUT2D eigenvalue weighted by Crippen LogP contribution is -2.52. The van der Waals surface area contributed by atoms with E-state index in [4.69, 9.17) is 10.7 Å². The molecule has 2 aliphatic rings. The van der Waals surface area contributed by atoms with Crippen molar-refractivity contribution in [2.45, 2.75) is 18.5 Å². The minimum Gasteiger partial charge on any atom is -0.383 e. The van der Waals surface area contributed by atoms with Crippen LogP contribution >= 0.6 is 11.3 Å². The number of hydrogen-bond donors (Lipinski definition) is 2. The quantitative estimate of drug-likeness (QED) is 0.838. The predicted molar refractivity (Wildman–Crippen MR) is 90.8 cm³/mol. The lowest BCUT2D eigenvalue weighted by atomic mass is 9.93. The minimum atomic E-state index is -0.405. The highest BCUT2D eigenvalue weighted by atomic mass is 32.1. The Labute approximate surface area is 138 Å². The van der Waals surface area contributed by atoms with E-state index < -0.39 is 5.66 Å². The van der Waals surface area contributed by atoms with Gasteiger partial charge in [-0.15, -0.1) is 11.3 Å². The number of piperidine rings is 1. The smallest absolute Gasteiger partial charge is 0.282 e. The molecule has 3 heterocycles. The molecule has 0 bridgehead atoms. The third-order valence-electron chi connectivity index (χ3n) is 4.40. The molecule has 1 aromatic heterocycles. The number of nitrogens with zero attached hydrogens (tertiary/aromatic N) is 3. The fourth-order valence-corrected chi connectivity index (χ4v) is 3.77. The molecule has 23 heavy (non-hydrogen) atoms. The number of amidine groups is 1. The van der Waals surface area contributed by atoms with Crippen LogP contribution in [0.4, 0.5) is 5.69 Å². The number of para-hydroxylation sites is 1. The third kappa shape index (κ3) is 2.46. The minimum absolute atomic E-state index is 0.00279. The molecule has 1 spiro atoms. The molecular formula is C16H17N5OS. The summed E-state index contributed by atoms with van der Waals surface area (Å²) in [5, 5.41) is 5.89. The summed E-state index contributed by atoms with van der Waals surface area (Å²) in [6.07, 6.45) is 3.13. The number of carbonyl (C=O) groups excluding carboxylic acids is 1. The van der Waals surface area contributed by atoms with Gasteiger partial charge in [-0.2, -0.15) is 0 Å². The Hall–Kier alpha value is -2.41. The van der Waals surface area contributed by atoms with Crippen LogP contribution in [-0.4, -0.2) is 40.4 Å². The molecule has 2 aromatic rings. The number of likely N-dealkylation sites (tertiary alicyclic amines) is 1. The first-order valence-corrected chi connectivity index (χ1v) is 8.47. The van der Waals surface area contributed by atoms with Gasteiger partial charge in [0.1, 0.15) is 11.5 Å². The Morgan fingerprint density at radius 3 is 2.83 bits per heavy atom. The zero-order chi connectivity index (χ0) is 15.9. The first-order valence-electron chi connectivity index (χ1n) is 7.59. The molecular weight excluding hydrogens is 310 g/mol. The maximum Gasteiger partial charge on any atom is 0.282 e. The number of benzene rings is 1. The van der Waals surface area contributed by atoms with Crippen molar-refractivity contribution in [3.8, 4) is 0 Å². The van der Waals surface area contributed by atoms with Gasteiger partial charge in [-0.1, -0.05) is 12.1 Å². The highest BCUT2D eigenvalue weighted by Gasteiger charge is 2.39. The van der Waals surface area contributed by atoms with E-state index in [1.807, 2.05) is 34.5 Å². The summed E-state index contributed by atoms with van der Waals surface area (Å²) >= 11 is 1.38. The number of aromatic nitrogens is 1. The molecule has 0 aliphatic carbocycles. The van der Waals surface area contributed by atoms with Crippen LogP contribution in [0.1, 0.15) is 28.2 Å². The fraction of sp³-hybridized carbons (Fsp3) is 0.312. The van der Waals surface area contributed by atoms with Crippen LogP contribution in [0.15, 0.2) is 40.8 Å². The van der Waals surface area contributed by atoms with Gasteiger partial charge in [0.2, 0.25) is 0 Å². The van der Waals surface area contributed by atoms with Crippen LogP contribution < -0.4 is 11.1 Å². The molecule has 0 atom stereocenters. The zero-order valence-corrected chi connectivity index (χ0v) is 13.3. The van der Waals surface area contributed by atoms with E-state index in [2.05, 4.69) is 10.3 Å². The lowest BCUT2D eigenvalue weighted by Gasteiger charge is -2.42. The van der Waals surface area contributed by atoms with E-state index in [0.29, 0.717) is 23.9 Å². The van der Waals surface area contributed by atoms with Crippen LogP contribution in [0, 0.1) is 0 Å². The molecule has 2 aliphatic heterocycles. The second-order valence-electron chi connectivity index (χ2n) is 5.83. The number of aliphatic imine (C=N–C) groups is 1. The summed E-state index contributed by atoms with van der Waals surface area (Å²) in [6.45, 7) is 1.29. The van der Waals surface area contributed by atoms with Crippen LogP contribution in [0.5, 0.6) is 0 Å². The molecule has 4 rings (SSSR count). The lowest BCUT2D eigenvalue weighted by molar-refractivity contribution is 0.0685. The van der Waals surface area contributed by atoms with Gasteiger partial charge in [-0.05, 0) is 12.1 Å². The van der Waals surface area contributed by atoms with Gasteiger partial charge in [0.15, 0.2) is 5.01 Å². The largest absolute Gasteiger partial charge is 0.383 e. The third-order valence-corrected chi connectivity index (χ3v) is 5.16. The molecule has 1 saturated heterocycles. The number of carbonyl (C=O) groups is 1. The molecule has 7 heteroatoms. The van der Waals surface area contributed by atoms with Gasteiger partial charge in [0, 0.05) is 48.8 Å². The van der Waals surface area contributed by atoms with Crippen molar-refractivity contribution in [1.82, 2.24) is 9.88 Å². The second-order valence-corrected chi connectivity index (χ2v) is 6.72. The molecule has 1 fully saturated rings. The SMILES string of the molecule is NC1=NC2(CCN(C(=O)c3nccs3)CC2)Nc2ccccc21. The molecule has 0 saturated carbocycles. The predicted octanol–water partition coefficient (Wildman–Crippen LogP) is 1.91. The number of nitrogens with one attached hydrogen (secondary N) is 1. The van der Waals surface area contributed by atoms with Gasteiger partial charge in [-0.3, -0.25) is 4.79 Å². The molecule has 0 unspecified atom stereocenters. The maximum absolute atomic E-state index is 12.4. The van der Waals surface area contributed by atoms with Gasteiger partial charge in [0.25, 0.3) is 5.91 Å². The van der Waals surface area contributed by atoms with E-state index in [-0.39, 0.29) is 5.91 Å². The van der Waals surface area contributed by atoms with Crippen molar-refractivity contribution >= 4 is 28.8 Å². The summed E-state index contributed by atoms with van der Waals surface area (Å²) in [4.78, 5) is 23.0. The Kier molecular flexibility index (Phi) is 3.30. The number of nitrogens with two attached hydrogens (primary N) is 1. The standard InChI is InChI=1S/C16H17N5OS/c17-13-11-3-1-2-4-12(11)19-16(20-13)5-8-21(9-6-16)15(22)14-18-7-10-23-14/h1-4,7,10,19H,5-6,8-9H2,(H2,17,20). The average Bonchev–Trinajstić information content (AvgIpc) is 3.09. The zero-order valence-electron chi connectivity index (χ0n) is 12.5. The number of hydrogen-bond acceptors (Lipinski definition) is 6. The molecule has 1 amide bonds. The maximum atomic E-state index is 12.4. The highest BCUT2D eigenvalue weighted by Crippen LogP contribution is 2.34. The number of rotatable bonds is 1. The molecule has 118 valence electrons. The Balaban J connectivity index is 1.52. The Bertz CT molecular complexity index is 763. The van der Waals surface area contributed by atoms with E-state index in [1.54, 1.807) is 6.20 Å². The van der Waals surface area contributed by atoms with E-state index in [0.717, 1.165) is 24.1 Å². The number of anilines is 1. The van der Waals surface area contributed by atoms with Crippen LogP contribution in [0.2, 0.25) is 0 Å². The van der Waals surface area contributed by atoms with Crippen molar-refractivity contribution in [3.05, 3.63) is 46.4 Å². The summed E-state index contributed by atoms with van der Waals surface area (Å²) in [5.41, 5.74) is 7.70. The number of amides is 1. The number of fused-ring (bicyclic) bond motifs is 1. The monoisotopic (exact) mass is 327 g/mol. The fourth-order valence-electron chi connectivity index (χ4n) is 3.17. The molecule has 3 N–H and O–H groups in total. The summed E-state index contributed by atoms with van der Waals surface area (Å²) in [5.74, 6) is 0.571. The average molecular weight is 327 g/mol. The van der Waals surface area contributed by atoms with E-state index in [9.17, 15) is 4.79 Å². The van der Waals surface area contributed by atoms with Crippen molar-refractivity contribution in [1.29, 1.82) is 0 Å². The van der Waals surface area contributed by atoms with Gasteiger partial charge in [0.05, 0.1) is 0 Å². The summed E-state index contributed by atoms with van der Waals surface area (Å²) < 4.78 is 0. The molecule has 1 aromatic carbocycles. The van der Waals surface area contributed by atoms with E-state index in [1.165, 1.54) is 11.3 Å². The number of thiazole rings is 1. The van der Waals surface area contributed by atoms with E-state index >= 15 is 0 Å². The Morgan fingerprint density at radius 2 is 2.09 bits per heavy atom. The molecule has 0 radical (unpaired) electrons. The highest BCUT2D eigenvalue weighted by molar-refractivity contribution is 7.11. The van der Waals surface area contributed by atoms with Crippen LogP contribution in [0.3, 0.4) is 0 Å². The van der Waals surface area contributed by atoms with Gasteiger partial charge < -0.3 is 16.0 Å². The van der Waals surface area contributed by atoms with Gasteiger partial charge >= 0.3 is 0 Å². The van der Waals surface area contributed by atoms with Crippen LogP contribution in [-0.2, 0) is 0 Å². The second kappa shape index (κ2) is 5.34. The van der Waals surface area contributed by atoms with Crippen molar-refractivity contribution in [2.24, 2.45) is 10.7 Å². The van der Waals surface area contributed by atoms with Gasteiger partial charge in [-0.25, -0.2) is 9.98 Å².